The Labute approximate surface area is 125 Å². The van der Waals surface area contributed by atoms with Gasteiger partial charge in [-0.1, -0.05) is 0 Å². The van der Waals surface area contributed by atoms with Crippen molar-refractivity contribution in [2.45, 2.75) is 27.2 Å². The highest BCUT2D eigenvalue weighted by molar-refractivity contribution is 5.95. The molecule has 118 valence electrons. The molecule has 0 saturated heterocycles. The van der Waals surface area contributed by atoms with Gasteiger partial charge in [-0.15, -0.1) is 0 Å². The molecule has 0 N–H and O–H groups in total. The molecule has 1 heterocycles. The van der Waals surface area contributed by atoms with Gasteiger partial charge in [-0.3, -0.25) is 4.79 Å². The summed E-state index contributed by atoms with van der Waals surface area (Å²) >= 11 is 0. The van der Waals surface area contributed by atoms with Gasteiger partial charge >= 0.3 is 11.9 Å². The molecule has 0 aliphatic heterocycles. The molecule has 0 aliphatic carbocycles. The Balaban J connectivity index is 2.87. The lowest BCUT2D eigenvalue weighted by atomic mass is 10.2. The average molecular weight is 296 g/mol. The van der Waals surface area contributed by atoms with Crippen LogP contribution >= 0.6 is 0 Å². The minimum Gasteiger partial charge on any atom is -0.466 e. The number of carbonyl (C=O) groups is 2. The van der Waals surface area contributed by atoms with E-state index in [2.05, 4.69) is 0 Å². The molecule has 0 bridgehead atoms. The Hall–Kier alpha value is -1.98. The Bertz CT molecular complexity index is 482. The van der Waals surface area contributed by atoms with Crippen molar-refractivity contribution in [1.29, 1.82) is 0 Å². The van der Waals surface area contributed by atoms with Gasteiger partial charge in [-0.05, 0) is 26.8 Å². The SMILES string of the molecule is CCOC(=O)CCN(CC)c1c(C(=O)OCC)ccn1C. The number of esters is 2. The minimum absolute atomic E-state index is 0.233. The number of aromatic nitrogens is 1. The number of aryl methyl sites for hydroxylation is 1. The first-order chi connectivity index (χ1) is 10.0. The van der Waals surface area contributed by atoms with Gasteiger partial charge in [-0.2, -0.15) is 0 Å². The summed E-state index contributed by atoms with van der Waals surface area (Å²) in [7, 11) is 1.87. The lowest BCUT2D eigenvalue weighted by Gasteiger charge is -2.24. The zero-order valence-corrected chi connectivity index (χ0v) is 13.2. The molecular formula is C15H24N2O4. The molecule has 0 aromatic carbocycles. The second-order valence-electron chi connectivity index (χ2n) is 4.52. The quantitative estimate of drug-likeness (QED) is 0.686. The van der Waals surface area contributed by atoms with Crippen LogP contribution < -0.4 is 4.90 Å². The largest absolute Gasteiger partial charge is 0.466 e. The van der Waals surface area contributed by atoms with Gasteiger partial charge in [0.15, 0.2) is 0 Å². The lowest BCUT2D eigenvalue weighted by Crippen LogP contribution is -2.29. The van der Waals surface area contributed by atoms with E-state index in [-0.39, 0.29) is 18.4 Å². The molecule has 1 rings (SSSR count). The number of hydrogen-bond donors (Lipinski definition) is 0. The van der Waals surface area contributed by atoms with Crippen molar-refractivity contribution in [2.24, 2.45) is 7.05 Å². The van der Waals surface area contributed by atoms with Crippen LogP contribution in [0.15, 0.2) is 12.3 Å². The molecule has 0 radical (unpaired) electrons. The maximum absolute atomic E-state index is 12.0. The smallest absolute Gasteiger partial charge is 0.341 e. The Kier molecular flexibility index (Phi) is 6.78. The van der Waals surface area contributed by atoms with Crippen LogP contribution in [0.3, 0.4) is 0 Å². The molecule has 0 unspecified atom stereocenters. The lowest BCUT2D eigenvalue weighted by molar-refractivity contribution is -0.142. The molecule has 1 aromatic rings. The van der Waals surface area contributed by atoms with Gasteiger partial charge in [0.25, 0.3) is 0 Å². The molecule has 0 fully saturated rings. The maximum Gasteiger partial charge on any atom is 0.341 e. The summed E-state index contributed by atoms with van der Waals surface area (Å²) < 4.78 is 11.9. The predicted octanol–water partition coefficient (Wildman–Crippen LogP) is 1.98. The van der Waals surface area contributed by atoms with Crippen LogP contribution in [0, 0.1) is 0 Å². The third-order valence-electron chi connectivity index (χ3n) is 3.11. The minimum atomic E-state index is -0.345. The monoisotopic (exact) mass is 296 g/mol. The van der Waals surface area contributed by atoms with Crippen LogP contribution in [0.25, 0.3) is 0 Å². The zero-order chi connectivity index (χ0) is 15.8. The highest BCUT2D eigenvalue weighted by Gasteiger charge is 2.20. The highest BCUT2D eigenvalue weighted by Crippen LogP contribution is 2.22. The van der Waals surface area contributed by atoms with Crippen LogP contribution in [0.5, 0.6) is 0 Å². The van der Waals surface area contributed by atoms with E-state index >= 15 is 0 Å². The Morgan fingerprint density at radius 1 is 1.19 bits per heavy atom. The molecular weight excluding hydrogens is 272 g/mol. The van der Waals surface area contributed by atoms with E-state index in [0.29, 0.717) is 31.9 Å². The number of ether oxygens (including phenoxy) is 2. The summed E-state index contributed by atoms with van der Waals surface area (Å²) in [5.74, 6) is 0.186. The second-order valence-corrected chi connectivity index (χ2v) is 4.52. The summed E-state index contributed by atoms with van der Waals surface area (Å²) in [6.07, 6.45) is 2.10. The molecule has 6 nitrogen and oxygen atoms in total. The number of anilines is 1. The molecule has 6 heteroatoms. The Morgan fingerprint density at radius 2 is 1.86 bits per heavy atom. The van der Waals surface area contributed by atoms with Gasteiger partial charge in [0.2, 0.25) is 0 Å². The zero-order valence-electron chi connectivity index (χ0n) is 13.2. The first-order valence-electron chi connectivity index (χ1n) is 7.28. The fraction of sp³-hybridized carbons (Fsp3) is 0.600. The molecule has 21 heavy (non-hydrogen) atoms. The maximum atomic E-state index is 12.0. The summed E-state index contributed by atoms with van der Waals surface area (Å²) in [4.78, 5) is 25.5. The molecule has 0 amide bonds. The normalized spacial score (nSPS) is 10.3. The van der Waals surface area contributed by atoms with Crippen molar-refractivity contribution >= 4 is 17.8 Å². The average Bonchev–Trinajstić information content (AvgIpc) is 2.82. The molecule has 0 spiro atoms. The van der Waals surface area contributed by atoms with E-state index in [0.717, 1.165) is 5.82 Å². The van der Waals surface area contributed by atoms with E-state index in [4.69, 9.17) is 9.47 Å². The van der Waals surface area contributed by atoms with E-state index in [9.17, 15) is 9.59 Å². The number of hydrogen-bond acceptors (Lipinski definition) is 5. The van der Waals surface area contributed by atoms with Crippen LogP contribution in [-0.2, 0) is 21.3 Å². The van der Waals surface area contributed by atoms with E-state index < -0.39 is 0 Å². The van der Waals surface area contributed by atoms with Gasteiger partial charge in [-0.25, -0.2) is 4.79 Å². The second kappa shape index (κ2) is 8.34. The van der Waals surface area contributed by atoms with E-state index in [1.54, 1.807) is 19.9 Å². The molecule has 0 aliphatic rings. The Morgan fingerprint density at radius 3 is 2.43 bits per heavy atom. The summed E-state index contributed by atoms with van der Waals surface area (Å²) in [6.45, 7) is 7.44. The van der Waals surface area contributed by atoms with Crippen molar-refractivity contribution in [3.8, 4) is 0 Å². The summed E-state index contributed by atoms with van der Waals surface area (Å²) in [5, 5.41) is 0. The van der Waals surface area contributed by atoms with Gasteiger partial charge in [0, 0.05) is 26.3 Å². The van der Waals surface area contributed by atoms with Crippen LogP contribution in [0.4, 0.5) is 5.82 Å². The predicted molar refractivity (Wildman–Crippen MR) is 80.5 cm³/mol. The number of rotatable bonds is 8. The van der Waals surface area contributed by atoms with Gasteiger partial charge in [0.1, 0.15) is 11.4 Å². The van der Waals surface area contributed by atoms with E-state index in [1.807, 2.05) is 29.6 Å². The fourth-order valence-corrected chi connectivity index (χ4v) is 2.16. The van der Waals surface area contributed by atoms with Crippen molar-refractivity contribution in [2.75, 3.05) is 31.2 Å². The topological polar surface area (TPSA) is 60.8 Å². The van der Waals surface area contributed by atoms with Crippen LogP contribution in [-0.4, -0.2) is 42.8 Å². The van der Waals surface area contributed by atoms with E-state index in [1.165, 1.54) is 0 Å². The third-order valence-corrected chi connectivity index (χ3v) is 3.11. The number of nitrogens with zero attached hydrogens (tertiary/aromatic N) is 2. The van der Waals surface area contributed by atoms with Gasteiger partial charge in [0.05, 0.1) is 19.6 Å². The fourth-order valence-electron chi connectivity index (χ4n) is 2.16. The molecule has 0 atom stereocenters. The molecule has 0 saturated carbocycles. The highest BCUT2D eigenvalue weighted by atomic mass is 16.5. The number of carbonyl (C=O) groups excluding carboxylic acids is 2. The van der Waals surface area contributed by atoms with Crippen LogP contribution in [0.1, 0.15) is 37.6 Å². The van der Waals surface area contributed by atoms with Crippen LogP contribution in [0.2, 0.25) is 0 Å². The van der Waals surface area contributed by atoms with Crippen molar-refractivity contribution in [1.82, 2.24) is 4.57 Å². The van der Waals surface area contributed by atoms with Gasteiger partial charge < -0.3 is 18.9 Å². The third kappa shape index (κ3) is 4.51. The van der Waals surface area contributed by atoms with Crippen molar-refractivity contribution in [3.63, 3.8) is 0 Å². The summed E-state index contributed by atoms with van der Waals surface area (Å²) in [6, 6.07) is 1.74. The standard InChI is InChI=1S/C15H24N2O4/c1-5-17(11-9-13(18)20-6-2)14-12(8-10-16(14)4)15(19)21-7-3/h8,10H,5-7,9,11H2,1-4H3. The van der Waals surface area contributed by atoms with Crippen molar-refractivity contribution in [3.05, 3.63) is 17.8 Å². The first kappa shape index (κ1) is 17.1. The molecule has 1 aromatic heterocycles. The first-order valence-corrected chi connectivity index (χ1v) is 7.28. The van der Waals surface area contributed by atoms with Crippen molar-refractivity contribution < 1.29 is 19.1 Å². The summed E-state index contributed by atoms with van der Waals surface area (Å²) in [5.41, 5.74) is 0.519.